The summed E-state index contributed by atoms with van der Waals surface area (Å²) < 4.78 is 0. The van der Waals surface area contributed by atoms with Crippen LogP contribution < -0.4 is 0 Å². The molecule has 0 saturated carbocycles. The summed E-state index contributed by atoms with van der Waals surface area (Å²) in [5.74, 6) is -0.816. The first kappa shape index (κ1) is 15.7. The van der Waals surface area contributed by atoms with Crippen molar-refractivity contribution in [3.63, 3.8) is 0 Å². The van der Waals surface area contributed by atoms with E-state index in [-0.39, 0.29) is 12.1 Å². The van der Waals surface area contributed by atoms with Gasteiger partial charge in [0.25, 0.3) is 0 Å². The van der Waals surface area contributed by atoms with Crippen molar-refractivity contribution in [3.8, 4) is 10.6 Å². The lowest BCUT2D eigenvalue weighted by Gasteiger charge is -2.33. The number of carbonyl (C=O) groups is 1. The van der Waals surface area contributed by atoms with Gasteiger partial charge in [0, 0.05) is 23.0 Å². The van der Waals surface area contributed by atoms with Gasteiger partial charge in [0.15, 0.2) is 0 Å². The van der Waals surface area contributed by atoms with Gasteiger partial charge < -0.3 is 5.11 Å². The van der Waals surface area contributed by atoms with Gasteiger partial charge in [-0.2, -0.15) is 0 Å². The van der Waals surface area contributed by atoms with Gasteiger partial charge >= 0.3 is 5.97 Å². The molecular formula is C16H20N2O2S. The molecule has 0 fully saturated rings. The van der Waals surface area contributed by atoms with Crippen LogP contribution in [0, 0.1) is 0 Å². The molecule has 0 spiro atoms. The van der Waals surface area contributed by atoms with E-state index in [0.717, 1.165) is 16.3 Å². The molecule has 0 aliphatic heterocycles. The number of carboxylic acid groups (broad SMARTS) is 1. The number of rotatable bonds is 5. The van der Waals surface area contributed by atoms with E-state index in [0.29, 0.717) is 6.54 Å². The Balaban J connectivity index is 2.15. The normalized spacial score (nSPS) is 11.8. The zero-order valence-corrected chi connectivity index (χ0v) is 13.4. The maximum Gasteiger partial charge on any atom is 0.317 e. The highest BCUT2D eigenvalue weighted by Gasteiger charge is 2.24. The van der Waals surface area contributed by atoms with E-state index in [1.807, 2.05) is 61.4 Å². The molecule has 2 rings (SSSR count). The molecule has 1 aromatic carbocycles. The first-order valence-corrected chi connectivity index (χ1v) is 7.71. The summed E-state index contributed by atoms with van der Waals surface area (Å²) in [5.41, 5.74) is 1.79. The predicted molar refractivity (Wildman–Crippen MR) is 85.3 cm³/mol. The quantitative estimate of drug-likeness (QED) is 0.918. The largest absolute Gasteiger partial charge is 0.480 e. The number of aliphatic carboxylic acids is 1. The first-order chi connectivity index (χ1) is 9.86. The van der Waals surface area contributed by atoms with Crippen LogP contribution in [0.1, 0.15) is 26.5 Å². The predicted octanol–water partition coefficient (Wildman–Crippen LogP) is 3.50. The van der Waals surface area contributed by atoms with Gasteiger partial charge in [-0.1, -0.05) is 30.3 Å². The number of hydrogen-bond acceptors (Lipinski definition) is 4. The van der Waals surface area contributed by atoms with E-state index in [1.165, 1.54) is 0 Å². The van der Waals surface area contributed by atoms with Crippen molar-refractivity contribution < 1.29 is 9.90 Å². The Bertz CT molecular complexity index is 602. The van der Waals surface area contributed by atoms with E-state index in [1.54, 1.807) is 11.3 Å². The second kappa shape index (κ2) is 6.37. The number of aromatic nitrogens is 1. The van der Waals surface area contributed by atoms with E-state index < -0.39 is 5.97 Å². The molecule has 0 aliphatic carbocycles. The molecular weight excluding hydrogens is 284 g/mol. The standard InChI is InChI=1S/C16H20N2O2S/c1-16(2,3)18(10-14(19)20)9-13-11-21-15(17-13)12-7-5-4-6-8-12/h4-8,11H,9-10H2,1-3H3,(H,19,20). The molecule has 0 atom stereocenters. The molecule has 0 amide bonds. The van der Waals surface area contributed by atoms with Crippen LogP contribution >= 0.6 is 11.3 Å². The fraction of sp³-hybridized carbons (Fsp3) is 0.375. The Morgan fingerprint density at radius 1 is 1.29 bits per heavy atom. The van der Waals surface area contributed by atoms with Crippen molar-refractivity contribution in [2.24, 2.45) is 0 Å². The zero-order valence-electron chi connectivity index (χ0n) is 12.5. The van der Waals surface area contributed by atoms with Crippen LogP contribution in [0.3, 0.4) is 0 Å². The third-order valence-corrected chi connectivity index (χ3v) is 4.14. The van der Waals surface area contributed by atoms with E-state index in [9.17, 15) is 4.79 Å². The van der Waals surface area contributed by atoms with Crippen LogP contribution in [0.4, 0.5) is 0 Å². The van der Waals surface area contributed by atoms with E-state index >= 15 is 0 Å². The molecule has 4 nitrogen and oxygen atoms in total. The molecule has 1 heterocycles. The Morgan fingerprint density at radius 3 is 2.52 bits per heavy atom. The zero-order chi connectivity index (χ0) is 15.5. The monoisotopic (exact) mass is 304 g/mol. The van der Waals surface area contributed by atoms with Crippen LogP contribution in [0.5, 0.6) is 0 Å². The van der Waals surface area contributed by atoms with Crippen LogP contribution in [0.15, 0.2) is 35.7 Å². The number of carboxylic acids is 1. The summed E-state index contributed by atoms with van der Waals surface area (Å²) in [5, 5.41) is 12.0. The highest BCUT2D eigenvalue weighted by Crippen LogP contribution is 2.25. The van der Waals surface area contributed by atoms with Gasteiger partial charge in [-0.15, -0.1) is 11.3 Å². The van der Waals surface area contributed by atoms with Gasteiger partial charge in [0.1, 0.15) is 5.01 Å². The SMILES string of the molecule is CC(C)(C)N(CC(=O)O)Cc1csc(-c2ccccc2)n1. The summed E-state index contributed by atoms with van der Waals surface area (Å²) in [4.78, 5) is 17.6. The summed E-state index contributed by atoms with van der Waals surface area (Å²) in [6.45, 7) is 6.60. The highest BCUT2D eigenvalue weighted by molar-refractivity contribution is 7.13. The lowest BCUT2D eigenvalue weighted by atomic mass is 10.1. The van der Waals surface area contributed by atoms with Gasteiger partial charge in [0.2, 0.25) is 0 Å². The molecule has 5 heteroatoms. The fourth-order valence-electron chi connectivity index (χ4n) is 1.98. The van der Waals surface area contributed by atoms with Crippen molar-refractivity contribution in [1.82, 2.24) is 9.88 Å². The Morgan fingerprint density at radius 2 is 1.95 bits per heavy atom. The van der Waals surface area contributed by atoms with Crippen LogP contribution in [0.2, 0.25) is 0 Å². The van der Waals surface area contributed by atoms with Crippen molar-refractivity contribution in [2.45, 2.75) is 32.9 Å². The minimum atomic E-state index is -0.816. The molecule has 1 N–H and O–H groups in total. The average molecular weight is 304 g/mol. The third-order valence-electron chi connectivity index (χ3n) is 3.20. The minimum absolute atomic E-state index is 0.0156. The number of nitrogens with zero attached hydrogens (tertiary/aromatic N) is 2. The van der Waals surface area contributed by atoms with Crippen LogP contribution in [0.25, 0.3) is 10.6 Å². The molecule has 0 unspecified atom stereocenters. The van der Waals surface area contributed by atoms with Gasteiger partial charge in [-0.25, -0.2) is 4.98 Å². The fourth-order valence-corrected chi connectivity index (χ4v) is 2.80. The third kappa shape index (κ3) is 4.37. The molecule has 0 bridgehead atoms. The molecule has 2 aromatic rings. The molecule has 21 heavy (non-hydrogen) atoms. The van der Waals surface area contributed by atoms with Crippen molar-refractivity contribution in [2.75, 3.05) is 6.54 Å². The van der Waals surface area contributed by atoms with Crippen molar-refractivity contribution >= 4 is 17.3 Å². The van der Waals surface area contributed by atoms with E-state index in [2.05, 4.69) is 4.98 Å². The van der Waals surface area contributed by atoms with Gasteiger partial charge in [-0.05, 0) is 20.8 Å². The Kier molecular flexibility index (Phi) is 4.75. The van der Waals surface area contributed by atoms with Crippen molar-refractivity contribution in [3.05, 3.63) is 41.4 Å². The summed E-state index contributed by atoms with van der Waals surface area (Å²) in [6.07, 6.45) is 0. The summed E-state index contributed by atoms with van der Waals surface area (Å²) in [7, 11) is 0. The van der Waals surface area contributed by atoms with Gasteiger partial charge in [0.05, 0.1) is 12.2 Å². The highest BCUT2D eigenvalue weighted by atomic mass is 32.1. The summed E-state index contributed by atoms with van der Waals surface area (Å²) >= 11 is 1.59. The minimum Gasteiger partial charge on any atom is -0.480 e. The topological polar surface area (TPSA) is 53.4 Å². The average Bonchev–Trinajstić information content (AvgIpc) is 2.86. The lowest BCUT2D eigenvalue weighted by Crippen LogP contribution is -2.43. The lowest BCUT2D eigenvalue weighted by molar-refractivity contribution is -0.139. The second-order valence-electron chi connectivity index (χ2n) is 5.93. The molecule has 112 valence electrons. The van der Waals surface area contributed by atoms with Crippen LogP contribution in [-0.2, 0) is 11.3 Å². The number of thiazole rings is 1. The Labute approximate surface area is 129 Å². The smallest absolute Gasteiger partial charge is 0.317 e. The molecule has 0 aliphatic rings. The number of benzene rings is 1. The van der Waals surface area contributed by atoms with Crippen LogP contribution in [-0.4, -0.2) is 33.0 Å². The molecule has 0 saturated heterocycles. The maximum absolute atomic E-state index is 11.0. The first-order valence-electron chi connectivity index (χ1n) is 6.83. The Hall–Kier alpha value is -1.72. The molecule has 0 radical (unpaired) electrons. The van der Waals surface area contributed by atoms with Crippen molar-refractivity contribution in [1.29, 1.82) is 0 Å². The van der Waals surface area contributed by atoms with Gasteiger partial charge in [-0.3, -0.25) is 9.69 Å². The molecule has 1 aromatic heterocycles. The van der Waals surface area contributed by atoms with E-state index in [4.69, 9.17) is 5.11 Å². The second-order valence-corrected chi connectivity index (χ2v) is 6.79. The summed E-state index contributed by atoms with van der Waals surface area (Å²) in [6, 6.07) is 10.0. The maximum atomic E-state index is 11.0. The number of hydrogen-bond donors (Lipinski definition) is 1.